The summed E-state index contributed by atoms with van der Waals surface area (Å²) in [6, 6.07) is 0. The van der Waals surface area contributed by atoms with Crippen LogP contribution in [0.1, 0.15) is 25.8 Å². The number of nitrogens with zero attached hydrogens (tertiary/aromatic N) is 3. The molecule has 1 N–H and O–H groups in total. The average molecular weight is 266 g/mol. The Morgan fingerprint density at radius 1 is 1.28 bits per heavy atom. The molecular weight excluding hydrogens is 244 g/mol. The summed E-state index contributed by atoms with van der Waals surface area (Å²) in [5, 5.41) is 3.36. The molecule has 0 atom stereocenters. The Bertz CT molecular complexity index is 377. The molecule has 1 aromatic heterocycles. The van der Waals surface area contributed by atoms with Gasteiger partial charge in [0, 0.05) is 36.7 Å². The van der Waals surface area contributed by atoms with Crippen molar-refractivity contribution in [2.75, 3.05) is 41.4 Å². The quantitative estimate of drug-likeness (QED) is 0.886. The van der Waals surface area contributed by atoms with Gasteiger partial charge in [-0.3, -0.25) is 0 Å². The largest absolute Gasteiger partial charge is 0.370 e. The Morgan fingerprint density at radius 2 is 2.06 bits per heavy atom. The van der Waals surface area contributed by atoms with Crippen LogP contribution in [0.3, 0.4) is 0 Å². The Balaban J connectivity index is 2.28. The SMILES string of the molecule is CCCc1c(NCC)ncnc1N1CCSCC1. The van der Waals surface area contributed by atoms with Gasteiger partial charge >= 0.3 is 0 Å². The number of hydrogen-bond acceptors (Lipinski definition) is 5. The second kappa shape index (κ2) is 6.83. The van der Waals surface area contributed by atoms with E-state index in [1.807, 2.05) is 11.8 Å². The summed E-state index contributed by atoms with van der Waals surface area (Å²) in [6.45, 7) is 7.42. The molecule has 0 amide bonds. The first-order chi connectivity index (χ1) is 8.86. The predicted molar refractivity (Wildman–Crippen MR) is 79.7 cm³/mol. The normalized spacial score (nSPS) is 15.8. The van der Waals surface area contributed by atoms with E-state index in [0.717, 1.165) is 44.1 Å². The van der Waals surface area contributed by atoms with E-state index in [-0.39, 0.29) is 0 Å². The fraction of sp³-hybridized carbons (Fsp3) is 0.692. The molecule has 0 spiro atoms. The van der Waals surface area contributed by atoms with Crippen molar-refractivity contribution >= 4 is 23.4 Å². The van der Waals surface area contributed by atoms with Crippen LogP contribution in [0.2, 0.25) is 0 Å². The molecule has 1 aromatic rings. The van der Waals surface area contributed by atoms with Gasteiger partial charge in [-0.25, -0.2) is 9.97 Å². The van der Waals surface area contributed by atoms with Gasteiger partial charge in [-0.05, 0) is 13.3 Å². The molecule has 1 fully saturated rings. The van der Waals surface area contributed by atoms with Crippen molar-refractivity contribution in [3.05, 3.63) is 11.9 Å². The van der Waals surface area contributed by atoms with E-state index in [4.69, 9.17) is 0 Å². The zero-order valence-electron chi connectivity index (χ0n) is 11.3. The highest BCUT2D eigenvalue weighted by molar-refractivity contribution is 7.99. The molecule has 0 aliphatic carbocycles. The third-order valence-corrected chi connectivity index (χ3v) is 4.02. The van der Waals surface area contributed by atoms with E-state index < -0.39 is 0 Å². The Hall–Kier alpha value is -0.970. The fourth-order valence-corrected chi connectivity index (χ4v) is 3.15. The van der Waals surface area contributed by atoms with Crippen molar-refractivity contribution in [1.29, 1.82) is 0 Å². The number of thioether (sulfide) groups is 1. The van der Waals surface area contributed by atoms with Crippen molar-refractivity contribution < 1.29 is 0 Å². The summed E-state index contributed by atoms with van der Waals surface area (Å²) < 4.78 is 0. The van der Waals surface area contributed by atoms with Crippen LogP contribution in [-0.2, 0) is 6.42 Å². The lowest BCUT2D eigenvalue weighted by molar-refractivity contribution is 0.807. The molecule has 0 aromatic carbocycles. The van der Waals surface area contributed by atoms with Gasteiger partial charge in [0.1, 0.15) is 18.0 Å². The van der Waals surface area contributed by atoms with Crippen LogP contribution in [-0.4, -0.2) is 41.1 Å². The monoisotopic (exact) mass is 266 g/mol. The van der Waals surface area contributed by atoms with Crippen LogP contribution in [0.25, 0.3) is 0 Å². The van der Waals surface area contributed by atoms with Crippen molar-refractivity contribution in [1.82, 2.24) is 9.97 Å². The summed E-state index contributed by atoms with van der Waals surface area (Å²) in [4.78, 5) is 11.3. The summed E-state index contributed by atoms with van der Waals surface area (Å²) in [6.07, 6.45) is 3.86. The molecule has 0 radical (unpaired) electrons. The third-order valence-electron chi connectivity index (χ3n) is 3.08. The van der Waals surface area contributed by atoms with Gasteiger partial charge in [-0.2, -0.15) is 11.8 Å². The van der Waals surface area contributed by atoms with Gasteiger partial charge in [0.15, 0.2) is 0 Å². The average Bonchev–Trinajstić information content (AvgIpc) is 2.42. The van der Waals surface area contributed by atoms with E-state index in [1.165, 1.54) is 17.1 Å². The van der Waals surface area contributed by atoms with Crippen molar-refractivity contribution in [3.8, 4) is 0 Å². The number of nitrogens with one attached hydrogen (secondary N) is 1. The van der Waals surface area contributed by atoms with Crippen LogP contribution in [0, 0.1) is 0 Å². The highest BCUT2D eigenvalue weighted by Gasteiger charge is 2.18. The minimum Gasteiger partial charge on any atom is -0.370 e. The first-order valence-corrected chi connectivity index (χ1v) is 7.92. The van der Waals surface area contributed by atoms with Gasteiger partial charge < -0.3 is 10.2 Å². The van der Waals surface area contributed by atoms with Crippen molar-refractivity contribution in [2.45, 2.75) is 26.7 Å². The number of hydrogen-bond donors (Lipinski definition) is 1. The van der Waals surface area contributed by atoms with E-state index in [2.05, 4.69) is 34.0 Å². The van der Waals surface area contributed by atoms with Crippen LogP contribution in [0.4, 0.5) is 11.6 Å². The van der Waals surface area contributed by atoms with Gasteiger partial charge in [0.2, 0.25) is 0 Å². The molecule has 1 aliphatic heterocycles. The topological polar surface area (TPSA) is 41.1 Å². The molecule has 0 bridgehead atoms. The molecule has 1 aliphatic rings. The molecule has 18 heavy (non-hydrogen) atoms. The Morgan fingerprint density at radius 3 is 2.72 bits per heavy atom. The summed E-state index contributed by atoms with van der Waals surface area (Å²) in [7, 11) is 0. The standard InChI is InChI=1S/C13H22N4S/c1-3-5-11-12(14-4-2)15-10-16-13(11)17-6-8-18-9-7-17/h10H,3-9H2,1-2H3,(H,14,15,16). The van der Waals surface area contributed by atoms with Crippen LogP contribution in [0.5, 0.6) is 0 Å². The van der Waals surface area contributed by atoms with Gasteiger partial charge in [0.05, 0.1) is 0 Å². The highest BCUT2D eigenvalue weighted by atomic mass is 32.2. The number of aromatic nitrogens is 2. The van der Waals surface area contributed by atoms with E-state index in [0.29, 0.717) is 0 Å². The molecule has 1 saturated heterocycles. The van der Waals surface area contributed by atoms with Crippen LogP contribution >= 0.6 is 11.8 Å². The van der Waals surface area contributed by atoms with Gasteiger partial charge in [-0.15, -0.1) is 0 Å². The smallest absolute Gasteiger partial charge is 0.137 e. The molecule has 2 rings (SSSR count). The number of rotatable bonds is 5. The maximum absolute atomic E-state index is 4.53. The van der Waals surface area contributed by atoms with E-state index in [9.17, 15) is 0 Å². The minimum absolute atomic E-state index is 0.906. The van der Waals surface area contributed by atoms with Gasteiger partial charge in [-0.1, -0.05) is 13.3 Å². The third kappa shape index (κ3) is 3.07. The molecular formula is C13H22N4S. The Kier molecular flexibility index (Phi) is 5.11. The zero-order chi connectivity index (χ0) is 12.8. The van der Waals surface area contributed by atoms with Crippen molar-refractivity contribution in [2.24, 2.45) is 0 Å². The molecule has 100 valence electrons. The lowest BCUT2D eigenvalue weighted by Gasteiger charge is -2.29. The second-order valence-corrected chi connectivity index (χ2v) is 5.63. The summed E-state index contributed by atoms with van der Waals surface area (Å²) in [5.41, 5.74) is 1.29. The fourth-order valence-electron chi connectivity index (χ4n) is 2.25. The first kappa shape index (κ1) is 13.5. The first-order valence-electron chi connectivity index (χ1n) is 6.77. The van der Waals surface area contributed by atoms with Crippen LogP contribution < -0.4 is 10.2 Å². The van der Waals surface area contributed by atoms with E-state index in [1.54, 1.807) is 6.33 Å². The van der Waals surface area contributed by atoms with Crippen molar-refractivity contribution in [3.63, 3.8) is 0 Å². The molecule has 2 heterocycles. The highest BCUT2D eigenvalue weighted by Crippen LogP contribution is 2.26. The summed E-state index contributed by atoms with van der Waals surface area (Å²) in [5.74, 6) is 4.56. The summed E-state index contributed by atoms with van der Waals surface area (Å²) >= 11 is 2.03. The molecule has 0 saturated carbocycles. The molecule has 0 unspecified atom stereocenters. The maximum Gasteiger partial charge on any atom is 0.137 e. The van der Waals surface area contributed by atoms with Gasteiger partial charge in [0.25, 0.3) is 0 Å². The minimum atomic E-state index is 0.906. The zero-order valence-corrected chi connectivity index (χ0v) is 12.1. The maximum atomic E-state index is 4.53. The van der Waals surface area contributed by atoms with E-state index >= 15 is 0 Å². The lowest BCUT2D eigenvalue weighted by atomic mass is 10.1. The number of anilines is 2. The van der Waals surface area contributed by atoms with Crippen LogP contribution in [0.15, 0.2) is 6.33 Å². The second-order valence-electron chi connectivity index (χ2n) is 4.40. The predicted octanol–water partition coefficient (Wildman–Crippen LogP) is 2.41. The molecule has 4 nitrogen and oxygen atoms in total. The Labute approximate surface area is 114 Å². The lowest BCUT2D eigenvalue weighted by Crippen LogP contribution is -2.34. The molecule has 5 heteroatoms.